The predicted molar refractivity (Wildman–Crippen MR) is 104 cm³/mol. The van der Waals surface area contributed by atoms with E-state index in [4.69, 9.17) is 12.3 Å². The number of aromatic amines is 1. The van der Waals surface area contributed by atoms with Crippen molar-refractivity contribution in [3.05, 3.63) is 72.6 Å². The molecule has 0 aliphatic rings. The molecule has 0 bridgehead atoms. The minimum Gasteiger partial charge on any atom is -0.381 e. The first kappa shape index (κ1) is 15.1. The number of nitrogen functional groups attached to an aromatic ring is 1. The molecule has 5 aromatic rings. The van der Waals surface area contributed by atoms with Crippen molar-refractivity contribution in [1.82, 2.24) is 24.3 Å². The SMILES string of the molecule is [C-]#[N+]c1cccc(-c2nc(N)c3nccn3c2-c2ccc3nc[nH]c3c2)c1. The number of nitrogens with two attached hydrogens (primary N) is 1. The maximum atomic E-state index is 7.30. The van der Waals surface area contributed by atoms with Gasteiger partial charge in [-0.25, -0.2) is 19.8 Å². The van der Waals surface area contributed by atoms with E-state index in [1.807, 2.05) is 47.0 Å². The van der Waals surface area contributed by atoms with Crippen LogP contribution in [0.15, 0.2) is 61.2 Å². The molecule has 0 fully saturated rings. The molecule has 0 atom stereocenters. The lowest BCUT2D eigenvalue weighted by Gasteiger charge is -2.14. The summed E-state index contributed by atoms with van der Waals surface area (Å²) in [5.74, 6) is 0.342. The second-order valence-electron chi connectivity index (χ2n) is 6.11. The average Bonchev–Trinajstić information content (AvgIpc) is 3.37. The Labute approximate surface area is 154 Å². The molecule has 0 spiro atoms. The van der Waals surface area contributed by atoms with Gasteiger partial charge in [-0.15, -0.1) is 0 Å². The summed E-state index contributed by atoms with van der Waals surface area (Å²) in [5.41, 5.74) is 12.5. The molecular weight excluding hydrogens is 338 g/mol. The minimum absolute atomic E-state index is 0.342. The van der Waals surface area contributed by atoms with Gasteiger partial charge in [-0.05, 0) is 23.8 Å². The molecule has 3 aromatic heterocycles. The van der Waals surface area contributed by atoms with Crippen LogP contribution in [0.4, 0.5) is 11.5 Å². The summed E-state index contributed by atoms with van der Waals surface area (Å²) in [7, 11) is 0. The first-order chi connectivity index (χ1) is 13.2. The summed E-state index contributed by atoms with van der Waals surface area (Å²) in [6, 6.07) is 13.3. The van der Waals surface area contributed by atoms with Crippen LogP contribution in [-0.2, 0) is 0 Å². The third-order valence-electron chi connectivity index (χ3n) is 4.51. The van der Waals surface area contributed by atoms with Gasteiger partial charge in [0.25, 0.3) is 0 Å². The molecular formula is C20H13N7. The molecule has 3 heterocycles. The van der Waals surface area contributed by atoms with Gasteiger partial charge in [-0.1, -0.05) is 24.3 Å². The highest BCUT2D eigenvalue weighted by Gasteiger charge is 2.17. The van der Waals surface area contributed by atoms with Gasteiger partial charge in [0.05, 0.1) is 35.3 Å². The van der Waals surface area contributed by atoms with Gasteiger partial charge in [0.15, 0.2) is 17.2 Å². The zero-order valence-electron chi connectivity index (χ0n) is 14.1. The third-order valence-corrected chi connectivity index (χ3v) is 4.51. The second kappa shape index (κ2) is 5.68. The maximum absolute atomic E-state index is 7.30. The van der Waals surface area contributed by atoms with Crippen LogP contribution in [0.2, 0.25) is 0 Å². The Hall–Kier alpha value is -4.18. The number of rotatable bonds is 2. The van der Waals surface area contributed by atoms with E-state index in [1.54, 1.807) is 18.6 Å². The predicted octanol–water partition coefficient (Wildman–Crippen LogP) is 4.07. The summed E-state index contributed by atoms with van der Waals surface area (Å²) in [5, 5.41) is 0. The molecule has 128 valence electrons. The van der Waals surface area contributed by atoms with E-state index < -0.39 is 0 Å². The Balaban J connectivity index is 1.87. The van der Waals surface area contributed by atoms with Crippen LogP contribution < -0.4 is 5.73 Å². The number of H-pyrrole nitrogens is 1. The highest BCUT2D eigenvalue weighted by molar-refractivity contribution is 5.88. The second-order valence-corrected chi connectivity index (χ2v) is 6.11. The first-order valence-electron chi connectivity index (χ1n) is 8.28. The van der Waals surface area contributed by atoms with E-state index >= 15 is 0 Å². The van der Waals surface area contributed by atoms with Gasteiger partial charge in [0.1, 0.15) is 0 Å². The molecule has 5 rings (SSSR count). The number of benzene rings is 2. The lowest BCUT2D eigenvalue weighted by molar-refractivity contribution is 1.14. The molecule has 0 aliphatic heterocycles. The molecule has 0 saturated heterocycles. The maximum Gasteiger partial charge on any atom is 0.187 e. The fourth-order valence-electron chi connectivity index (χ4n) is 3.29. The van der Waals surface area contributed by atoms with E-state index in [2.05, 4.69) is 24.8 Å². The quantitative estimate of drug-likeness (QED) is 0.469. The molecule has 3 N–H and O–H groups in total. The molecule has 0 saturated carbocycles. The number of aromatic nitrogens is 5. The standard InChI is InChI=1S/C20H13N7/c1-22-14-4-2-3-12(9-14)17-18(27-8-7-23-20(27)19(21)26-17)13-5-6-15-16(10-13)25-11-24-15/h2-11H,(H2,21,26)(H,24,25). The number of hydrogen-bond acceptors (Lipinski definition) is 4. The van der Waals surface area contributed by atoms with Gasteiger partial charge in [-0.3, -0.25) is 4.40 Å². The van der Waals surface area contributed by atoms with Crippen molar-refractivity contribution >= 4 is 28.2 Å². The van der Waals surface area contributed by atoms with Crippen molar-refractivity contribution in [3.8, 4) is 22.5 Å². The van der Waals surface area contributed by atoms with Crippen molar-refractivity contribution in [2.24, 2.45) is 0 Å². The van der Waals surface area contributed by atoms with E-state index in [9.17, 15) is 0 Å². The monoisotopic (exact) mass is 351 g/mol. The molecule has 27 heavy (non-hydrogen) atoms. The summed E-state index contributed by atoms with van der Waals surface area (Å²) >= 11 is 0. The number of anilines is 1. The van der Waals surface area contributed by atoms with Gasteiger partial charge in [-0.2, -0.15) is 0 Å². The van der Waals surface area contributed by atoms with E-state index in [1.165, 1.54) is 0 Å². The van der Waals surface area contributed by atoms with E-state index in [0.717, 1.165) is 27.9 Å². The van der Waals surface area contributed by atoms with E-state index in [-0.39, 0.29) is 0 Å². The summed E-state index contributed by atoms with van der Waals surface area (Å²) in [6.07, 6.45) is 5.23. The normalized spacial score (nSPS) is 11.1. The molecule has 0 radical (unpaired) electrons. The Morgan fingerprint density at radius 2 is 2.00 bits per heavy atom. The van der Waals surface area contributed by atoms with Crippen LogP contribution in [0.1, 0.15) is 0 Å². The van der Waals surface area contributed by atoms with Crippen LogP contribution in [0.5, 0.6) is 0 Å². The topological polar surface area (TPSA) is 89.2 Å². The highest BCUT2D eigenvalue weighted by Crippen LogP contribution is 2.35. The Morgan fingerprint density at radius 3 is 2.89 bits per heavy atom. The van der Waals surface area contributed by atoms with E-state index in [0.29, 0.717) is 22.8 Å². The molecule has 2 aromatic carbocycles. The van der Waals surface area contributed by atoms with Crippen molar-refractivity contribution < 1.29 is 0 Å². The third kappa shape index (κ3) is 2.32. The van der Waals surface area contributed by atoms with Crippen molar-refractivity contribution in [3.63, 3.8) is 0 Å². The van der Waals surface area contributed by atoms with Crippen molar-refractivity contribution in [2.45, 2.75) is 0 Å². The molecule has 0 unspecified atom stereocenters. The van der Waals surface area contributed by atoms with Gasteiger partial charge in [0, 0.05) is 18.0 Å². The Morgan fingerprint density at radius 1 is 1.07 bits per heavy atom. The summed E-state index contributed by atoms with van der Waals surface area (Å²) < 4.78 is 1.93. The van der Waals surface area contributed by atoms with Crippen molar-refractivity contribution in [1.29, 1.82) is 0 Å². The fraction of sp³-hybridized carbons (Fsp3) is 0. The van der Waals surface area contributed by atoms with Crippen LogP contribution in [0.3, 0.4) is 0 Å². The van der Waals surface area contributed by atoms with Gasteiger partial charge in [0.2, 0.25) is 0 Å². The molecule has 0 amide bonds. The fourth-order valence-corrected chi connectivity index (χ4v) is 3.29. The number of fused-ring (bicyclic) bond motifs is 2. The number of hydrogen-bond donors (Lipinski definition) is 2. The highest BCUT2D eigenvalue weighted by atomic mass is 15.1. The van der Waals surface area contributed by atoms with Crippen LogP contribution in [0, 0.1) is 6.57 Å². The zero-order valence-corrected chi connectivity index (χ0v) is 14.1. The lowest BCUT2D eigenvalue weighted by Crippen LogP contribution is -2.03. The number of imidazole rings is 2. The van der Waals surface area contributed by atoms with Gasteiger partial charge < -0.3 is 10.7 Å². The average molecular weight is 351 g/mol. The molecule has 7 heteroatoms. The van der Waals surface area contributed by atoms with Crippen molar-refractivity contribution in [2.75, 3.05) is 5.73 Å². The summed E-state index contributed by atoms with van der Waals surface area (Å²) in [4.78, 5) is 19.9. The molecule has 7 nitrogen and oxygen atoms in total. The van der Waals surface area contributed by atoms with Crippen LogP contribution in [0.25, 0.3) is 44.0 Å². The Kier molecular flexibility index (Phi) is 3.18. The van der Waals surface area contributed by atoms with Gasteiger partial charge >= 0.3 is 0 Å². The minimum atomic E-state index is 0.342. The number of nitrogens with one attached hydrogen (secondary N) is 1. The largest absolute Gasteiger partial charge is 0.381 e. The lowest BCUT2D eigenvalue weighted by atomic mass is 10.0. The number of nitrogens with zero attached hydrogens (tertiary/aromatic N) is 5. The Bertz CT molecular complexity index is 1350. The smallest absolute Gasteiger partial charge is 0.187 e. The van der Waals surface area contributed by atoms with Crippen LogP contribution >= 0.6 is 0 Å². The first-order valence-corrected chi connectivity index (χ1v) is 8.28. The molecule has 0 aliphatic carbocycles. The zero-order chi connectivity index (χ0) is 18.4. The van der Waals surface area contributed by atoms with Crippen LogP contribution in [-0.4, -0.2) is 24.3 Å². The summed E-state index contributed by atoms with van der Waals surface area (Å²) in [6.45, 7) is 7.30.